The zero-order chi connectivity index (χ0) is 24.1. The molecule has 8 heteroatoms. The lowest BCUT2D eigenvalue weighted by atomic mass is 9.78. The maximum absolute atomic E-state index is 13.2. The van der Waals surface area contributed by atoms with E-state index in [0.717, 1.165) is 64.0 Å². The van der Waals surface area contributed by atoms with Crippen molar-refractivity contribution in [1.29, 1.82) is 0 Å². The Labute approximate surface area is 202 Å². The zero-order valence-electron chi connectivity index (χ0n) is 20.4. The summed E-state index contributed by atoms with van der Waals surface area (Å²) in [6.07, 6.45) is 5.06. The third kappa shape index (κ3) is 5.37. The van der Waals surface area contributed by atoms with Crippen LogP contribution in [-0.2, 0) is 14.3 Å². The average Bonchev–Trinajstić information content (AvgIpc) is 3.17. The number of piperidine rings is 2. The number of hydrogen-bond acceptors (Lipinski definition) is 6. The molecule has 3 aliphatic rings. The van der Waals surface area contributed by atoms with E-state index in [4.69, 9.17) is 9.47 Å². The van der Waals surface area contributed by atoms with Crippen molar-refractivity contribution in [3.8, 4) is 5.75 Å². The van der Waals surface area contributed by atoms with Crippen LogP contribution in [-0.4, -0.2) is 73.1 Å². The Bertz CT molecular complexity index is 858. The molecule has 3 saturated heterocycles. The molecule has 186 valence electrons. The fraction of sp³-hybridized carbons (Fsp3) is 0.654. The number of ether oxygens (including phenoxy) is 2. The van der Waals surface area contributed by atoms with E-state index in [1.165, 1.54) is 4.90 Å². The van der Waals surface area contributed by atoms with Crippen molar-refractivity contribution < 1.29 is 23.9 Å². The molecule has 1 aromatic rings. The average molecular weight is 472 g/mol. The first kappa shape index (κ1) is 24.5. The van der Waals surface area contributed by atoms with Gasteiger partial charge in [0, 0.05) is 13.1 Å². The van der Waals surface area contributed by atoms with Gasteiger partial charge in [0.25, 0.3) is 5.91 Å². The monoisotopic (exact) mass is 471 g/mol. The summed E-state index contributed by atoms with van der Waals surface area (Å²) >= 11 is 0. The van der Waals surface area contributed by atoms with Crippen LogP contribution in [0.3, 0.4) is 0 Å². The van der Waals surface area contributed by atoms with Crippen molar-refractivity contribution in [2.45, 2.75) is 58.4 Å². The normalized spacial score (nSPS) is 22.9. The predicted molar refractivity (Wildman–Crippen MR) is 129 cm³/mol. The zero-order valence-corrected chi connectivity index (χ0v) is 20.4. The van der Waals surface area contributed by atoms with E-state index in [1.54, 1.807) is 12.1 Å². The molecule has 34 heavy (non-hydrogen) atoms. The molecule has 0 aliphatic carbocycles. The predicted octanol–water partition coefficient (Wildman–Crippen LogP) is 3.69. The van der Waals surface area contributed by atoms with Gasteiger partial charge in [-0.3, -0.25) is 14.5 Å². The summed E-state index contributed by atoms with van der Waals surface area (Å²) < 4.78 is 10.7. The van der Waals surface area contributed by atoms with E-state index in [1.807, 2.05) is 30.9 Å². The molecule has 3 amide bonds. The molecule has 0 spiro atoms. The first-order valence-electron chi connectivity index (χ1n) is 12.8. The van der Waals surface area contributed by atoms with Crippen molar-refractivity contribution in [2.75, 3.05) is 44.3 Å². The number of likely N-dealkylation sites (tertiary alicyclic amines) is 2. The van der Waals surface area contributed by atoms with Gasteiger partial charge in [0.15, 0.2) is 0 Å². The Morgan fingerprint density at radius 1 is 0.941 bits per heavy atom. The molecule has 0 saturated carbocycles. The number of nitrogens with zero attached hydrogens (tertiary/aromatic N) is 3. The van der Waals surface area contributed by atoms with Crippen molar-refractivity contribution in [3.05, 3.63) is 24.3 Å². The van der Waals surface area contributed by atoms with Crippen LogP contribution in [0.1, 0.15) is 52.4 Å². The second kappa shape index (κ2) is 11.2. The molecule has 3 fully saturated rings. The summed E-state index contributed by atoms with van der Waals surface area (Å²) in [7, 11) is 0. The summed E-state index contributed by atoms with van der Waals surface area (Å²) in [4.78, 5) is 43.2. The number of carbonyl (C=O) groups is 3. The van der Waals surface area contributed by atoms with E-state index in [9.17, 15) is 14.4 Å². The van der Waals surface area contributed by atoms with Crippen LogP contribution in [0.5, 0.6) is 5.75 Å². The van der Waals surface area contributed by atoms with Crippen LogP contribution < -0.4 is 9.64 Å². The molecule has 0 unspecified atom stereocenters. The Balaban J connectivity index is 1.28. The summed E-state index contributed by atoms with van der Waals surface area (Å²) in [6.45, 7) is 8.13. The SMILES string of the molecule is CCCOc1ccc(N2C(=O)C[C@H](N3CCC(C4CCN(C(=O)OCC)CC4)CC3)C2=O)cc1. The van der Waals surface area contributed by atoms with Gasteiger partial charge in [-0.2, -0.15) is 0 Å². The molecule has 1 atom stereocenters. The number of rotatable bonds is 7. The van der Waals surface area contributed by atoms with Gasteiger partial charge in [0.2, 0.25) is 5.91 Å². The van der Waals surface area contributed by atoms with E-state index < -0.39 is 0 Å². The third-order valence-electron chi connectivity index (χ3n) is 7.44. The third-order valence-corrected chi connectivity index (χ3v) is 7.44. The van der Waals surface area contributed by atoms with Crippen LogP contribution in [0.15, 0.2) is 24.3 Å². The number of imide groups is 1. The minimum Gasteiger partial charge on any atom is -0.494 e. The maximum Gasteiger partial charge on any atom is 0.409 e. The van der Waals surface area contributed by atoms with E-state index in [2.05, 4.69) is 4.90 Å². The van der Waals surface area contributed by atoms with E-state index in [-0.39, 0.29) is 30.4 Å². The summed E-state index contributed by atoms with van der Waals surface area (Å²) in [6, 6.07) is 6.85. The van der Waals surface area contributed by atoms with Gasteiger partial charge in [0.05, 0.1) is 31.4 Å². The second-order valence-corrected chi connectivity index (χ2v) is 9.53. The van der Waals surface area contributed by atoms with Crippen LogP contribution in [0.4, 0.5) is 10.5 Å². The Morgan fingerprint density at radius 3 is 2.15 bits per heavy atom. The fourth-order valence-electron chi connectivity index (χ4n) is 5.55. The lowest BCUT2D eigenvalue weighted by Crippen LogP contribution is -2.48. The highest BCUT2D eigenvalue weighted by molar-refractivity contribution is 6.22. The number of amides is 3. The topological polar surface area (TPSA) is 79.4 Å². The summed E-state index contributed by atoms with van der Waals surface area (Å²) in [5.74, 6) is 1.72. The number of benzene rings is 1. The molecule has 0 bridgehead atoms. The quantitative estimate of drug-likeness (QED) is 0.565. The molecule has 1 aromatic carbocycles. The summed E-state index contributed by atoms with van der Waals surface area (Å²) in [5, 5.41) is 0. The molecule has 0 aromatic heterocycles. The highest BCUT2D eigenvalue weighted by atomic mass is 16.6. The molecule has 0 N–H and O–H groups in total. The first-order valence-corrected chi connectivity index (χ1v) is 12.8. The van der Waals surface area contributed by atoms with Crippen molar-refractivity contribution in [2.24, 2.45) is 11.8 Å². The highest BCUT2D eigenvalue weighted by Crippen LogP contribution is 2.35. The van der Waals surface area contributed by atoms with E-state index in [0.29, 0.717) is 30.7 Å². The van der Waals surface area contributed by atoms with Gasteiger partial charge >= 0.3 is 6.09 Å². The van der Waals surface area contributed by atoms with Gasteiger partial charge in [0.1, 0.15) is 5.75 Å². The van der Waals surface area contributed by atoms with Gasteiger partial charge in [-0.25, -0.2) is 9.69 Å². The van der Waals surface area contributed by atoms with Gasteiger partial charge in [-0.15, -0.1) is 0 Å². The van der Waals surface area contributed by atoms with Crippen LogP contribution in [0.25, 0.3) is 0 Å². The lowest BCUT2D eigenvalue weighted by molar-refractivity contribution is -0.123. The Hall–Kier alpha value is -2.61. The molecular formula is C26H37N3O5. The number of hydrogen-bond donors (Lipinski definition) is 0. The molecule has 3 heterocycles. The largest absolute Gasteiger partial charge is 0.494 e. The van der Waals surface area contributed by atoms with Crippen LogP contribution >= 0.6 is 0 Å². The van der Waals surface area contributed by atoms with Gasteiger partial charge in [-0.1, -0.05) is 6.92 Å². The molecule has 3 aliphatic heterocycles. The number of anilines is 1. The Kier molecular flexibility index (Phi) is 8.08. The van der Waals surface area contributed by atoms with Crippen molar-refractivity contribution in [3.63, 3.8) is 0 Å². The standard InChI is InChI=1S/C26H37N3O5/c1-3-17-34-22-7-5-21(6-8-22)29-24(30)18-23(25(29)31)27-13-9-19(10-14-27)20-11-15-28(16-12-20)26(32)33-4-2/h5-8,19-20,23H,3-4,9-18H2,1-2H3/t23-/m0/s1. The maximum atomic E-state index is 13.2. The number of carbonyl (C=O) groups excluding carboxylic acids is 3. The first-order chi connectivity index (χ1) is 16.5. The highest BCUT2D eigenvalue weighted by Gasteiger charge is 2.44. The molecular weight excluding hydrogens is 434 g/mol. The second-order valence-electron chi connectivity index (χ2n) is 9.53. The minimum absolute atomic E-state index is 0.117. The lowest BCUT2D eigenvalue weighted by Gasteiger charge is -2.41. The van der Waals surface area contributed by atoms with Gasteiger partial charge in [-0.05, 0) is 88.2 Å². The minimum atomic E-state index is -0.366. The molecule has 0 radical (unpaired) electrons. The Morgan fingerprint density at radius 2 is 1.56 bits per heavy atom. The van der Waals surface area contributed by atoms with Gasteiger partial charge < -0.3 is 14.4 Å². The fourth-order valence-corrected chi connectivity index (χ4v) is 5.55. The molecule has 8 nitrogen and oxygen atoms in total. The van der Waals surface area contributed by atoms with Crippen molar-refractivity contribution in [1.82, 2.24) is 9.80 Å². The van der Waals surface area contributed by atoms with E-state index >= 15 is 0 Å². The summed E-state index contributed by atoms with van der Waals surface area (Å²) in [5.41, 5.74) is 0.615. The van der Waals surface area contributed by atoms with Crippen LogP contribution in [0.2, 0.25) is 0 Å². The van der Waals surface area contributed by atoms with Crippen molar-refractivity contribution >= 4 is 23.6 Å². The molecule has 4 rings (SSSR count). The van der Waals surface area contributed by atoms with Crippen LogP contribution in [0, 0.1) is 11.8 Å². The smallest absolute Gasteiger partial charge is 0.409 e.